The lowest BCUT2D eigenvalue weighted by atomic mass is 10.0. The molecule has 0 aromatic heterocycles. The molecular weight excluding hydrogens is 258 g/mol. The van der Waals surface area contributed by atoms with Gasteiger partial charge in [0, 0.05) is 6.04 Å². The van der Waals surface area contributed by atoms with Crippen molar-refractivity contribution in [3.63, 3.8) is 0 Å². The van der Waals surface area contributed by atoms with Crippen molar-refractivity contribution in [3.05, 3.63) is 35.9 Å². The monoisotopic (exact) mass is 279 g/mol. The molecule has 2 N–H and O–H groups in total. The number of sulfone groups is 1. The van der Waals surface area contributed by atoms with Gasteiger partial charge in [-0.15, -0.1) is 0 Å². The lowest BCUT2D eigenvalue weighted by Crippen LogP contribution is -2.45. The van der Waals surface area contributed by atoms with Gasteiger partial charge in [0.05, 0.1) is 11.0 Å². The molecule has 4 atom stereocenters. The van der Waals surface area contributed by atoms with Crippen molar-refractivity contribution in [1.82, 2.24) is 0 Å². The third-order valence-electron chi connectivity index (χ3n) is 4.62. The van der Waals surface area contributed by atoms with Crippen molar-refractivity contribution in [2.45, 2.75) is 42.9 Å². The Bertz CT molecular complexity index is 541. The molecule has 4 unspecified atom stereocenters. The summed E-state index contributed by atoms with van der Waals surface area (Å²) in [5.74, 6) is 1.14. The normalized spacial score (nSPS) is 34.7. The van der Waals surface area contributed by atoms with E-state index in [1.165, 1.54) is 5.56 Å². The van der Waals surface area contributed by atoms with E-state index in [0.29, 0.717) is 17.6 Å². The van der Waals surface area contributed by atoms with Crippen LogP contribution in [0.4, 0.5) is 0 Å². The fourth-order valence-corrected chi connectivity index (χ4v) is 5.53. The smallest absolute Gasteiger partial charge is 0.154 e. The molecule has 4 heteroatoms. The van der Waals surface area contributed by atoms with Crippen molar-refractivity contribution in [2.24, 2.45) is 11.7 Å². The first-order chi connectivity index (χ1) is 9.09. The van der Waals surface area contributed by atoms with Crippen LogP contribution in [0, 0.1) is 5.92 Å². The van der Waals surface area contributed by atoms with Gasteiger partial charge in [0.1, 0.15) is 0 Å². The minimum Gasteiger partial charge on any atom is -0.326 e. The summed E-state index contributed by atoms with van der Waals surface area (Å²) < 4.78 is 24.2. The maximum Gasteiger partial charge on any atom is 0.154 e. The Kier molecular flexibility index (Phi) is 3.39. The van der Waals surface area contributed by atoms with Crippen LogP contribution in [0.1, 0.15) is 37.2 Å². The quantitative estimate of drug-likeness (QED) is 0.921. The van der Waals surface area contributed by atoms with E-state index in [0.717, 1.165) is 25.7 Å². The maximum absolute atomic E-state index is 12.1. The van der Waals surface area contributed by atoms with Crippen LogP contribution in [0.15, 0.2) is 30.3 Å². The highest BCUT2D eigenvalue weighted by atomic mass is 32.2. The summed E-state index contributed by atoms with van der Waals surface area (Å²) in [4.78, 5) is 0. The van der Waals surface area contributed by atoms with Gasteiger partial charge in [-0.3, -0.25) is 0 Å². The summed E-state index contributed by atoms with van der Waals surface area (Å²) in [5.41, 5.74) is 7.58. The second kappa shape index (κ2) is 4.91. The molecule has 1 aliphatic carbocycles. The van der Waals surface area contributed by atoms with Gasteiger partial charge in [0.15, 0.2) is 9.84 Å². The molecule has 1 aliphatic heterocycles. The fraction of sp³-hybridized carbons (Fsp3) is 0.600. The lowest BCUT2D eigenvalue weighted by Gasteiger charge is -2.27. The molecule has 1 saturated carbocycles. The first-order valence-electron chi connectivity index (χ1n) is 7.12. The molecule has 2 aliphatic rings. The zero-order valence-corrected chi connectivity index (χ0v) is 11.9. The molecule has 0 bridgehead atoms. The fourth-order valence-electron chi connectivity index (χ4n) is 3.41. The van der Waals surface area contributed by atoms with Crippen LogP contribution in [-0.4, -0.2) is 25.5 Å². The molecule has 3 rings (SSSR count). The Balaban J connectivity index is 1.71. The van der Waals surface area contributed by atoms with Crippen LogP contribution in [-0.2, 0) is 9.84 Å². The highest BCUT2D eigenvalue weighted by molar-refractivity contribution is 7.92. The van der Waals surface area contributed by atoms with Crippen molar-refractivity contribution < 1.29 is 8.42 Å². The van der Waals surface area contributed by atoms with Gasteiger partial charge in [0.2, 0.25) is 0 Å². The van der Waals surface area contributed by atoms with Crippen molar-refractivity contribution in [1.29, 1.82) is 0 Å². The van der Waals surface area contributed by atoms with E-state index >= 15 is 0 Å². The van der Waals surface area contributed by atoms with Gasteiger partial charge in [-0.2, -0.15) is 0 Å². The summed E-state index contributed by atoms with van der Waals surface area (Å²) >= 11 is 0. The number of hydrogen-bond acceptors (Lipinski definition) is 3. The first-order valence-corrected chi connectivity index (χ1v) is 8.83. The second-order valence-electron chi connectivity index (χ2n) is 5.90. The minimum atomic E-state index is -2.96. The largest absolute Gasteiger partial charge is 0.326 e. The third kappa shape index (κ3) is 2.56. The molecule has 3 nitrogen and oxygen atoms in total. The SMILES string of the molecule is NC(C1CC1c1ccccc1)C1CCCCS1(=O)=O. The summed E-state index contributed by atoms with van der Waals surface area (Å²) in [6, 6.07) is 10.1. The number of benzene rings is 1. The summed E-state index contributed by atoms with van der Waals surface area (Å²) in [6.07, 6.45) is 3.59. The van der Waals surface area contributed by atoms with Crippen LogP contribution in [0.25, 0.3) is 0 Å². The van der Waals surface area contributed by atoms with Crippen LogP contribution in [0.2, 0.25) is 0 Å². The summed E-state index contributed by atoms with van der Waals surface area (Å²) in [6.45, 7) is 0. The van der Waals surface area contributed by atoms with E-state index in [1.807, 2.05) is 18.2 Å². The molecule has 0 amide bonds. The molecule has 1 heterocycles. The average molecular weight is 279 g/mol. The van der Waals surface area contributed by atoms with Gasteiger partial charge in [0.25, 0.3) is 0 Å². The summed E-state index contributed by atoms with van der Waals surface area (Å²) in [7, 11) is -2.96. The van der Waals surface area contributed by atoms with Crippen LogP contribution in [0.3, 0.4) is 0 Å². The molecule has 0 spiro atoms. The standard InChI is InChI=1S/C15H21NO2S/c16-15(14-8-4-5-9-19(14,17)18)13-10-12(13)11-6-2-1-3-7-11/h1-3,6-7,12-15H,4-5,8-10,16H2. The van der Waals surface area contributed by atoms with Crippen molar-refractivity contribution >= 4 is 9.84 Å². The molecule has 1 aromatic carbocycles. The number of rotatable bonds is 3. The van der Waals surface area contributed by atoms with Gasteiger partial charge < -0.3 is 5.73 Å². The van der Waals surface area contributed by atoms with Crippen molar-refractivity contribution in [3.8, 4) is 0 Å². The van der Waals surface area contributed by atoms with Crippen molar-refractivity contribution in [2.75, 3.05) is 5.75 Å². The predicted molar refractivity (Wildman–Crippen MR) is 76.7 cm³/mol. The lowest BCUT2D eigenvalue weighted by molar-refractivity contribution is 0.466. The number of hydrogen-bond donors (Lipinski definition) is 1. The van der Waals surface area contributed by atoms with Gasteiger partial charge in [-0.05, 0) is 36.7 Å². The molecule has 104 valence electrons. The Labute approximate surface area is 115 Å². The highest BCUT2D eigenvalue weighted by Crippen LogP contribution is 2.50. The molecule has 1 aromatic rings. The molecule has 2 fully saturated rings. The topological polar surface area (TPSA) is 60.2 Å². The van der Waals surface area contributed by atoms with E-state index in [9.17, 15) is 8.42 Å². The Morgan fingerprint density at radius 2 is 1.89 bits per heavy atom. The maximum atomic E-state index is 12.1. The molecule has 1 saturated heterocycles. The molecule has 19 heavy (non-hydrogen) atoms. The van der Waals surface area contributed by atoms with Gasteiger partial charge in [-0.25, -0.2) is 8.42 Å². The van der Waals surface area contributed by atoms with Crippen LogP contribution in [0.5, 0.6) is 0 Å². The second-order valence-corrected chi connectivity index (χ2v) is 8.23. The highest BCUT2D eigenvalue weighted by Gasteiger charge is 2.48. The Morgan fingerprint density at radius 3 is 2.58 bits per heavy atom. The van der Waals surface area contributed by atoms with E-state index in [-0.39, 0.29) is 11.3 Å². The van der Waals surface area contributed by atoms with Crippen LogP contribution < -0.4 is 5.73 Å². The Morgan fingerprint density at radius 1 is 1.16 bits per heavy atom. The van der Waals surface area contributed by atoms with Crippen LogP contribution >= 0.6 is 0 Å². The van der Waals surface area contributed by atoms with Gasteiger partial charge in [-0.1, -0.05) is 36.8 Å². The van der Waals surface area contributed by atoms with E-state index < -0.39 is 9.84 Å². The van der Waals surface area contributed by atoms with E-state index in [4.69, 9.17) is 5.73 Å². The van der Waals surface area contributed by atoms with Gasteiger partial charge >= 0.3 is 0 Å². The summed E-state index contributed by atoms with van der Waals surface area (Å²) in [5, 5.41) is -0.306. The number of nitrogens with two attached hydrogens (primary N) is 1. The first kappa shape index (κ1) is 13.1. The zero-order chi connectivity index (χ0) is 13.5. The predicted octanol–water partition coefficient (Wildman–Crippen LogP) is 2.08. The Hall–Kier alpha value is -0.870. The van der Waals surface area contributed by atoms with E-state index in [1.54, 1.807) is 0 Å². The third-order valence-corrected chi connectivity index (χ3v) is 6.95. The van der Waals surface area contributed by atoms with E-state index in [2.05, 4.69) is 12.1 Å². The zero-order valence-electron chi connectivity index (χ0n) is 11.0. The molecule has 0 radical (unpaired) electrons. The minimum absolute atomic E-state index is 0.185. The molecular formula is C15H21NO2S. The average Bonchev–Trinajstić information content (AvgIpc) is 3.19.